The molecule has 2 aromatic carbocycles. The molecule has 0 N–H and O–H groups in total. The molecule has 0 unspecified atom stereocenters. The molecule has 1 saturated heterocycles. The van der Waals surface area contributed by atoms with Crippen LogP contribution in [0.2, 0.25) is 0 Å². The van der Waals surface area contributed by atoms with Gasteiger partial charge in [-0.1, -0.05) is 44.2 Å². The number of methoxy groups -OCH3 is 1. The maximum atomic E-state index is 13.7. The summed E-state index contributed by atoms with van der Waals surface area (Å²) in [5, 5.41) is 2.29. The summed E-state index contributed by atoms with van der Waals surface area (Å²) in [6, 6.07) is 16.5. The molecular formula is C25H30N2O2. The van der Waals surface area contributed by atoms with E-state index >= 15 is 0 Å². The Bertz CT molecular complexity index is 978. The predicted molar refractivity (Wildman–Crippen MR) is 117 cm³/mol. The molecule has 3 aromatic rings. The number of hydrogen-bond acceptors (Lipinski definition) is 2. The molecule has 1 fully saturated rings. The smallest absolute Gasteiger partial charge is 0.246 e. The zero-order valence-electron chi connectivity index (χ0n) is 17.5. The van der Waals surface area contributed by atoms with E-state index in [2.05, 4.69) is 47.6 Å². The molecule has 0 radical (unpaired) electrons. The van der Waals surface area contributed by atoms with Gasteiger partial charge in [0.15, 0.2) is 0 Å². The standard InChI is InChI=1S/C25H30N2O2/c1-18(2)17-23(26-14-6-7-15-26)25(28)27-16-8-11-22(27)20-12-13-24(29-3)21-10-5-4-9-19(20)21/h4-7,9-10,12-15,18,22-23H,8,11,16-17H2,1-3H3/t22-,23+/m0/s1. The highest BCUT2D eigenvalue weighted by Crippen LogP contribution is 2.40. The van der Waals surface area contributed by atoms with Crippen molar-refractivity contribution in [1.82, 2.24) is 9.47 Å². The zero-order chi connectivity index (χ0) is 20.4. The molecule has 152 valence electrons. The van der Waals surface area contributed by atoms with E-state index in [1.807, 2.05) is 36.7 Å². The Morgan fingerprint density at radius 3 is 2.48 bits per heavy atom. The Balaban J connectivity index is 1.71. The quantitative estimate of drug-likeness (QED) is 0.549. The van der Waals surface area contributed by atoms with E-state index in [4.69, 9.17) is 4.74 Å². The first-order chi connectivity index (χ1) is 14.1. The lowest BCUT2D eigenvalue weighted by molar-refractivity contribution is -0.136. The molecule has 0 saturated carbocycles. The SMILES string of the molecule is COc1ccc([C@@H]2CCCN2C(=O)[C@@H](CC(C)C)n2cccc2)c2ccccc12. The second-order valence-corrected chi connectivity index (χ2v) is 8.37. The van der Waals surface area contributed by atoms with Crippen molar-refractivity contribution in [1.29, 1.82) is 0 Å². The lowest BCUT2D eigenvalue weighted by atomic mass is 9.95. The summed E-state index contributed by atoms with van der Waals surface area (Å²) in [4.78, 5) is 15.8. The van der Waals surface area contributed by atoms with Crippen molar-refractivity contribution in [3.8, 4) is 5.75 Å². The van der Waals surface area contributed by atoms with Gasteiger partial charge in [-0.3, -0.25) is 4.79 Å². The Labute approximate surface area is 173 Å². The Morgan fingerprint density at radius 1 is 1.07 bits per heavy atom. The topological polar surface area (TPSA) is 34.5 Å². The van der Waals surface area contributed by atoms with Crippen molar-refractivity contribution in [2.24, 2.45) is 5.92 Å². The van der Waals surface area contributed by atoms with E-state index in [0.29, 0.717) is 5.92 Å². The van der Waals surface area contributed by atoms with Gasteiger partial charge in [-0.15, -0.1) is 0 Å². The van der Waals surface area contributed by atoms with Crippen LogP contribution in [0.15, 0.2) is 60.9 Å². The van der Waals surface area contributed by atoms with Gasteiger partial charge in [0.1, 0.15) is 11.8 Å². The van der Waals surface area contributed by atoms with Crippen molar-refractivity contribution in [3.05, 3.63) is 66.5 Å². The van der Waals surface area contributed by atoms with Crippen LogP contribution >= 0.6 is 0 Å². The highest BCUT2D eigenvalue weighted by molar-refractivity contribution is 5.92. The van der Waals surface area contributed by atoms with Crippen LogP contribution in [-0.2, 0) is 4.79 Å². The Kier molecular flexibility index (Phi) is 5.61. The number of likely N-dealkylation sites (tertiary alicyclic amines) is 1. The van der Waals surface area contributed by atoms with Gasteiger partial charge in [-0.2, -0.15) is 0 Å². The number of nitrogens with zero attached hydrogens (tertiary/aromatic N) is 2. The van der Waals surface area contributed by atoms with Crippen LogP contribution in [0.1, 0.15) is 50.8 Å². The number of ether oxygens (including phenoxy) is 1. The van der Waals surface area contributed by atoms with Crippen LogP contribution in [0.3, 0.4) is 0 Å². The molecule has 1 aliphatic heterocycles. The molecule has 0 bridgehead atoms. The van der Waals surface area contributed by atoms with Crippen molar-refractivity contribution in [3.63, 3.8) is 0 Å². The predicted octanol–water partition coefficient (Wildman–Crippen LogP) is 5.60. The molecule has 4 rings (SSSR count). The van der Waals surface area contributed by atoms with Crippen molar-refractivity contribution >= 4 is 16.7 Å². The third kappa shape index (κ3) is 3.76. The second-order valence-electron chi connectivity index (χ2n) is 8.37. The van der Waals surface area contributed by atoms with Crippen LogP contribution in [0.5, 0.6) is 5.75 Å². The second kappa shape index (κ2) is 8.32. The summed E-state index contributed by atoms with van der Waals surface area (Å²) in [5.74, 6) is 1.57. The van der Waals surface area contributed by atoms with Crippen molar-refractivity contribution < 1.29 is 9.53 Å². The Hall–Kier alpha value is -2.75. The molecule has 0 aliphatic carbocycles. The van der Waals surface area contributed by atoms with E-state index in [9.17, 15) is 4.79 Å². The monoisotopic (exact) mass is 390 g/mol. The maximum Gasteiger partial charge on any atom is 0.246 e. The number of rotatable bonds is 6. The van der Waals surface area contributed by atoms with Crippen molar-refractivity contribution in [2.75, 3.05) is 13.7 Å². The highest BCUT2D eigenvalue weighted by Gasteiger charge is 2.35. The molecule has 2 heterocycles. The minimum atomic E-state index is -0.143. The number of benzene rings is 2. The number of carbonyl (C=O) groups is 1. The fourth-order valence-electron chi connectivity index (χ4n) is 4.66. The first kappa shape index (κ1) is 19.6. The lowest BCUT2D eigenvalue weighted by Crippen LogP contribution is -2.37. The zero-order valence-corrected chi connectivity index (χ0v) is 17.5. The van der Waals surface area contributed by atoms with Gasteiger partial charge in [-0.05, 0) is 54.3 Å². The molecule has 4 heteroatoms. The molecule has 0 spiro atoms. The summed E-state index contributed by atoms with van der Waals surface area (Å²) >= 11 is 0. The number of amides is 1. The molecule has 1 amide bonds. The van der Waals surface area contributed by atoms with E-state index in [-0.39, 0.29) is 18.0 Å². The minimum absolute atomic E-state index is 0.114. The molecule has 4 nitrogen and oxygen atoms in total. The van der Waals surface area contributed by atoms with Gasteiger partial charge in [0, 0.05) is 24.3 Å². The molecular weight excluding hydrogens is 360 g/mol. The number of carbonyl (C=O) groups excluding carboxylic acids is 1. The summed E-state index contributed by atoms with van der Waals surface area (Å²) in [5.41, 5.74) is 1.23. The van der Waals surface area contributed by atoms with Crippen molar-refractivity contribution in [2.45, 2.75) is 45.2 Å². The van der Waals surface area contributed by atoms with E-state index in [0.717, 1.165) is 36.9 Å². The van der Waals surface area contributed by atoms with Gasteiger partial charge in [0.25, 0.3) is 0 Å². The van der Waals surface area contributed by atoms with Crippen LogP contribution < -0.4 is 4.74 Å². The third-order valence-electron chi connectivity index (χ3n) is 6.00. The fraction of sp³-hybridized carbons (Fsp3) is 0.400. The summed E-state index contributed by atoms with van der Waals surface area (Å²) in [7, 11) is 1.71. The van der Waals surface area contributed by atoms with E-state index in [1.54, 1.807) is 7.11 Å². The maximum absolute atomic E-state index is 13.7. The van der Waals surface area contributed by atoms with Crippen LogP contribution in [0, 0.1) is 5.92 Å². The van der Waals surface area contributed by atoms with Crippen LogP contribution in [0.4, 0.5) is 0 Å². The average molecular weight is 391 g/mol. The Morgan fingerprint density at radius 2 is 1.79 bits per heavy atom. The fourth-order valence-corrected chi connectivity index (χ4v) is 4.66. The highest BCUT2D eigenvalue weighted by atomic mass is 16.5. The van der Waals surface area contributed by atoms with Gasteiger partial charge < -0.3 is 14.2 Å². The van der Waals surface area contributed by atoms with Gasteiger partial charge in [0.2, 0.25) is 5.91 Å². The number of fused-ring (bicyclic) bond motifs is 1. The first-order valence-corrected chi connectivity index (χ1v) is 10.6. The largest absolute Gasteiger partial charge is 0.496 e. The molecule has 2 atom stereocenters. The first-order valence-electron chi connectivity index (χ1n) is 10.6. The van der Waals surface area contributed by atoms with Crippen LogP contribution in [0.25, 0.3) is 10.8 Å². The molecule has 1 aliphatic rings. The summed E-state index contributed by atoms with van der Waals surface area (Å²) in [6.07, 6.45) is 6.91. The molecule has 29 heavy (non-hydrogen) atoms. The summed E-state index contributed by atoms with van der Waals surface area (Å²) in [6.45, 7) is 5.18. The number of aromatic nitrogens is 1. The van der Waals surface area contributed by atoms with Crippen LogP contribution in [-0.4, -0.2) is 29.0 Å². The van der Waals surface area contributed by atoms with Gasteiger partial charge in [0.05, 0.1) is 13.2 Å². The average Bonchev–Trinajstić information content (AvgIpc) is 3.42. The lowest BCUT2D eigenvalue weighted by Gasteiger charge is -2.31. The summed E-state index contributed by atoms with van der Waals surface area (Å²) < 4.78 is 7.64. The van der Waals surface area contributed by atoms with Gasteiger partial charge >= 0.3 is 0 Å². The van der Waals surface area contributed by atoms with Gasteiger partial charge in [-0.25, -0.2) is 0 Å². The number of hydrogen-bond donors (Lipinski definition) is 0. The third-order valence-corrected chi connectivity index (χ3v) is 6.00. The normalized spacial score (nSPS) is 17.8. The minimum Gasteiger partial charge on any atom is -0.496 e. The molecule has 1 aromatic heterocycles. The van der Waals surface area contributed by atoms with E-state index < -0.39 is 0 Å². The van der Waals surface area contributed by atoms with E-state index in [1.165, 1.54) is 10.9 Å².